The zero-order valence-electron chi connectivity index (χ0n) is 33.8. The summed E-state index contributed by atoms with van der Waals surface area (Å²) in [6.07, 6.45) is 7.14. The van der Waals surface area contributed by atoms with Gasteiger partial charge >= 0.3 is 0 Å². The van der Waals surface area contributed by atoms with Crippen molar-refractivity contribution >= 4 is 51.7 Å². The molecule has 16 heteroatoms. The highest BCUT2D eigenvalue weighted by molar-refractivity contribution is 6.31. The second-order valence-electron chi connectivity index (χ2n) is 17.4. The number of fused-ring (bicyclic) bond motifs is 1. The second-order valence-corrected chi connectivity index (χ2v) is 17.8. The summed E-state index contributed by atoms with van der Waals surface area (Å²) < 4.78 is 7.56. The Kier molecular flexibility index (Phi) is 10.8. The molecular formula is C43H49ClN10O5. The molecule has 2 aromatic heterocycles. The van der Waals surface area contributed by atoms with E-state index in [1.54, 1.807) is 36.8 Å². The van der Waals surface area contributed by atoms with Gasteiger partial charge in [0.1, 0.15) is 24.0 Å². The molecule has 59 heavy (non-hydrogen) atoms. The fourth-order valence-electron chi connectivity index (χ4n) is 9.77. The van der Waals surface area contributed by atoms with Crippen molar-refractivity contribution in [2.45, 2.75) is 71.6 Å². The van der Waals surface area contributed by atoms with Crippen molar-refractivity contribution in [3.63, 3.8) is 0 Å². The van der Waals surface area contributed by atoms with Crippen molar-refractivity contribution in [2.75, 3.05) is 55.6 Å². The van der Waals surface area contributed by atoms with Crippen LogP contribution < -0.4 is 30.7 Å². The van der Waals surface area contributed by atoms with E-state index >= 15 is 0 Å². The SMILES string of the molecule is CC1(C)[C@H](NC(=O)c2cnc(N3CCC(CN4CCN(c5ccc6c(=O)n(C7CCC(=O)NC7=O)ncc6c5)CC4)CC3)nc2)C(C)(C)[C@H]1Oc1ccc(C#N)c(Cl)c1. The van der Waals surface area contributed by atoms with Crippen molar-refractivity contribution in [3.05, 3.63) is 81.5 Å². The molecule has 8 rings (SSSR count). The molecule has 1 atom stereocenters. The molecule has 15 nitrogen and oxygen atoms in total. The minimum Gasteiger partial charge on any atom is -0.489 e. The van der Waals surface area contributed by atoms with E-state index < -0.39 is 11.9 Å². The fraction of sp³-hybridized carbons (Fsp3) is 0.488. The Bertz CT molecular complexity index is 2360. The molecule has 2 N–H and O–H groups in total. The van der Waals surface area contributed by atoms with E-state index in [0.717, 1.165) is 69.7 Å². The number of aromatic nitrogens is 4. The van der Waals surface area contributed by atoms with E-state index in [0.29, 0.717) is 39.2 Å². The molecule has 4 fully saturated rings. The molecule has 4 aliphatic rings. The van der Waals surface area contributed by atoms with Crippen molar-refractivity contribution in [1.82, 2.24) is 35.3 Å². The van der Waals surface area contributed by atoms with Crippen LogP contribution in [0.1, 0.15) is 75.3 Å². The van der Waals surface area contributed by atoms with Gasteiger partial charge in [0.2, 0.25) is 11.9 Å². The van der Waals surface area contributed by atoms with Crippen LogP contribution in [0.3, 0.4) is 0 Å². The number of ether oxygens (including phenoxy) is 1. The Labute approximate surface area is 347 Å². The van der Waals surface area contributed by atoms with Crippen LogP contribution in [-0.4, -0.2) is 100 Å². The molecule has 308 valence electrons. The summed E-state index contributed by atoms with van der Waals surface area (Å²) in [5.41, 5.74) is 0.736. The first-order chi connectivity index (χ1) is 28.2. The lowest BCUT2D eigenvalue weighted by molar-refractivity contribution is -0.164. The number of piperidine rings is 2. The van der Waals surface area contributed by atoms with Gasteiger partial charge in [-0.25, -0.2) is 14.6 Å². The predicted molar refractivity (Wildman–Crippen MR) is 222 cm³/mol. The quantitative estimate of drug-likeness (QED) is 0.229. The Balaban J connectivity index is 0.792. The van der Waals surface area contributed by atoms with Crippen LogP contribution in [-0.2, 0) is 9.59 Å². The lowest BCUT2D eigenvalue weighted by atomic mass is 9.49. The van der Waals surface area contributed by atoms with Crippen LogP contribution in [0.2, 0.25) is 5.02 Å². The Morgan fingerprint density at radius 3 is 2.31 bits per heavy atom. The van der Waals surface area contributed by atoms with E-state index in [4.69, 9.17) is 16.3 Å². The number of hydrogen-bond acceptors (Lipinski definition) is 12. The van der Waals surface area contributed by atoms with Gasteiger partial charge in [-0.3, -0.25) is 29.4 Å². The fourth-order valence-corrected chi connectivity index (χ4v) is 9.98. The average molecular weight is 821 g/mol. The van der Waals surface area contributed by atoms with Crippen LogP contribution in [0.25, 0.3) is 10.8 Å². The Hall–Kier alpha value is -5.59. The van der Waals surface area contributed by atoms with Crippen molar-refractivity contribution in [1.29, 1.82) is 5.26 Å². The number of piperazine rings is 1. The number of anilines is 2. The number of hydrogen-bond donors (Lipinski definition) is 2. The van der Waals surface area contributed by atoms with Crippen LogP contribution >= 0.6 is 11.6 Å². The highest BCUT2D eigenvalue weighted by Crippen LogP contribution is 2.55. The van der Waals surface area contributed by atoms with Gasteiger partial charge in [0, 0.05) is 98.6 Å². The first kappa shape index (κ1) is 40.2. The smallest absolute Gasteiger partial charge is 0.275 e. The number of carbonyl (C=O) groups excluding carboxylic acids is 3. The number of nitrogens with zero attached hydrogens (tertiary/aromatic N) is 8. The summed E-state index contributed by atoms with van der Waals surface area (Å²) in [5, 5.41) is 20.6. The zero-order chi connectivity index (χ0) is 41.6. The third kappa shape index (κ3) is 7.83. The molecule has 4 aromatic rings. The molecule has 3 amide bonds. The summed E-state index contributed by atoms with van der Waals surface area (Å²) in [7, 11) is 0. The maximum atomic E-state index is 13.4. The second kappa shape index (κ2) is 15.9. The van der Waals surface area contributed by atoms with Gasteiger partial charge in [-0.05, 0) is 55.5 Å². The first-order valence-corrected chi connectivity index (χ1v) is 20.7. The minimum atomic E-state index is -0.787. The van der Waals surface area contributed by atoms with Crippen LogP contribution in [0.5, 0.6) is 5.75 Å². The third-order valence-corrected chi connectivity index (χ3v) is 13.1. The van der Waals surface area contributed by atoms with Gasteiger partial charge < -0.3 is 19.9 Å². The lowest BCUT2D eigenvalue weighted by Crippen LogP contribution is -2.74. The van der Waals surface area contributed by atoms with Gasteiger partial charge in [0.05, 0.1) is 27.7 Å². The van der Waals surface area contributed by atoms with Crippen molar-refractivity contribution in [3.8, 4) is 11.8 Å². The summed E-state index contributed by atoms with van der Waals surface area (Å²) in [5.74, 6) is 0.733. The molecule has 1 unspecified atom stereocenters. The maximum absolute atomic E-state index is 13.4. The predicted octanol–water partition coefficient (Wildman–Crippen LogP) is 4.34. The number of amides is 3. The lowest BCUT2D eigenvalue weighted by Gasteiger charge is -2.63. The molecular weight excluding hydrogens is 772 g/mol. The summed E-state index contributed by atoms with van der Waals surface area (Å²) in [6.45, 7) is 14.6. The normalized spacial score (nSPS) is 23.3. The Morgan fingerprint density at radius 2 is 1.64 bits per heavy atom. The van der Waals surface area contributed by atoms with Gasteiger partial charge in [-0.1, -0.05) is 39.3 Å². The molecule has 0 bridgehead atoms. The van der Waals surface area contributed by atoms with E-state index in [1.165, 1.54) is 4.68 Å². The summed E-state index contributed by atoms with van der Waals surface area (Å²) in [6, 6.07) is 11.9. The number of nitriles is 1. The van der Waals surface area contributed by atoms with E-state index in [1.807, 2.05) is 18.2 Å². The third-order valence-electron chi connectivity index (χ3n) is 12.8. The van der Waals surface area contributed by atoms with Gasteiger partial charge in [-0.15, -0.1) is 0 Å². The van der Waals surface area contributed by atoms with Gasteiger partial charge in [-0.2, -0.15) is 10.4 Å². The number of carbonyl (C=O) groups is 3. The largest absolute Gasteiger partial charge is 0.489 e. The van der Waals surface area contributed by atoms with Crippen LogP contribution in [0.4, 0.5) is 11.6 Å². The highest BCUT2D eigenvalue weighted by Gasteiger charge is 2.64. The van der Waals surface area contributed by atoms with E-state index in [-0.39, 0.29) is 53.2 Å². The van der Waals surface area contributed by atoms with Crippen molar-refractivity contribution in [2.24, 2.45) is 16.7 Å². The molecule has 3 aliphatic heterocycles. The molecule has 2 aromatic carbocycles. The average Bonchev–Trinajstić information content (AvgIpc) is 3.22. The summed E-state index contributed by atoms with van der Waals surface area (Å²) in [4.78, 5) is 66.9. The number of benzene rings is 2. The van der Waals surface area contributed by atoms with Crippen LogP contribution in [0.15, 0.2) is 59.8 Å². The molecule has 0 radical (unpaired) electrons. The van der Waals surface area contributed by atoms with Crippen LogP contribution in [0, 0.1) is 28.1 Å². The monoisotopic (exact) mass is 820 g/mol. The number of halogens is 1. The Morgan fingerprint density at radius 1 is 0.932 bits per heavy atom. The molecule has 0 spiro atoms. The minimum absolute atomic E-state index is 0.171. The first-order valence-electron chi connectivity index (χ1n) is 20.3. The molecule has 3 saturated heterocycles. The molecule has 1 saturated carbocycles. The van der Waals surface area contributed by atoms with E-state index in [2.05, 4.69) is 74.2 Å². The maximum Gasteiger partial charge on any atom is 0.275 e. The van der Waals surface area contributed by atoms with Gasteiger partial charge in [0.25, 0.3) is 17.4 Å². The van der Waals surface area contributed by atoms with Gasteiger partial charge in [0.15, 0.2) is 0 Å². The molecule has 1 aliphatic carbocycles. The van der Waals surface area contributed by atoms with Crippen molar-refractivity contribution < 1.29 is 19.1 Å². The molecule has 5 heterocycles. The van der Waals surface area contributed by atoms with E-state index in [9.17, 15) is 24.4 Å². The standard InChI is InChI=1S/C43H49ClN10O5/c1-42(2)39(43(3,4)40(42)59-31-7-5-27(21-45)33(44)20-31)50-36(56)29-22-46-41(47-23-29)53-13-11-26(12-14-53)25-51-15-17-52(18-16-51)30-6-8-32-28(19-30)24-48-54(38(32)58)34-9-10-35(55)49-37(34)57/h5-8,19-20,22-24,26,34,39-40H,9-18,25H2,1-4H3,(H,50,56)(H,49,55,57)/t34?,39-,40-. The number of rotatable bonds is 9. The number of nitrogens with one attached hydrogen (secondary N) is 2. The summed E-state index contributed by atoms with van der Waals surface area (Å²) >= 11 is 6.24. The number of imide groups is 1. The topological polar surface area (TPSA) is 179 Å². The highest BCUT2D eigenvalue weighted by atomic mass is 35.5. The zero-order valence-corrected chi connectivity index (χ0v) is 34.5.